The maximum atomic E-state index is 11.0. The number of aliphatic hydroxyl groups excluding tert-OH is 1. The topological polar surface area (TPSA) is 46.5 Å². The van der Waals surface area contributed by atoms with E-state index in [2.05, 4.69) is 0 Å². The Kier molecular flexibility index (Phi) is 4.31. The van der Waals surface area contributed by atoms with Crippen molar-refractivity contribution in [1.29, 1.82) is 0 Å². The molecule has 0 aliphatic carbocycles. The fourth-order valence-corrected chi connectivity index (χ4v) is 1.85. The lowest BCUT2D eigenvalue weighted by atomic mass is 10.1. The third-order valence-electron chi connectivity index (χ3n) is 2.75. The van der Waals surface area contributed by atoms with E-state index >= 15 is 0 Å². The normalized spacial score (nSPS) is 20.9. The van der Waals surface area contributed by atoms with E-state index in [1.165, 1.54) is 6.08 Å². The highest BCUT2D eigenvalue weighted by molar-refractivity contribution is 5.82. The third kappa shape index (κ3) is 3.86. The molecule has 0 saturated carbocycles. The smallest absolute Gasteiger partial charge is 0.330 e. The van der Waals surface area contributed by atoms with Gasteiger partial charge >= 0.3 is 5.97 Å². The van der Waals surface area contributed by atoms with Crippen molar-refractivity contribution in [2.24, 2.45) is 0 Å². The zero-order valence-corrected chi connectivity index (χ0v) is 10.0. The van der Waals surface area contributed by atoms with E-state index in [1.54, 1.807) is 12.2 Å². The Morgan fingerprint density at radius 3 is 2.89 bits per heavy atom. The molecule has 0 saturated heterocycles. The molecule has 94 valence electrons. The Labute approximate surface area is 106 Å². The molecule has 1 N–H and O–H groups in total. The van der Waals surface area contributed by atoms with Crippen LogP contribution in [0, 0.1) is 0 Å². The van der Waals surface area contributed by atoms with E-state index in [1.807, 2.05) is 36.4 Å². The minimum absolute atomic E-state index is 0.224. The van der Waals surface area contributed by atoms with Gasteiger partial charge in [-0.15, -0.1) is 0 Å². The van der Waals surface area contributed by atoms with Gasteiger partial charge in [-0.3, -0.25) is 0 Å². The maximum absolute atomic E-state index is 11.0. The summed E-state index contributed by atoms with van der Waals surface area (Å²) in [6.45, 7) is 0. The second-order valence-electron chi connectivity index (χ2n) is 4.27. The van der Waals surface area contributed by atoms with Gasteiger partial charge in [-0.1, -0.05) is 48.6 Å². The molecule has 2 atom stereocenters. The van der Waals surface area contributed by atoms with Crippen LogP contribution in [0.5, 0.6) is 0 Å². The largest absolute Gasteiger partial charge is 0.459 e. The molecule has 0 unspecified atom stereocenters. The number of esters is 1. The predicted molar refractivity (Wildman–Crippen MR) is 69.7 cm³/mol. The molecule has 1 aromatic carbocycles. The minimum Gasteiger partial charge on any atom is -0.459 e. The SMILES string of the molecule is O=C1C=CC[C@@H](C[C@H](O)C=Cc2ccccc2)O1. The molecule has 0 amide bonds. The second-order valence-corrected chi connectivity index (χ2v) is 4.27. The zero-order valence-electron chi connectivity index (χ0n) is 10.0. The first-order valence-electron chi connectivity index (χ1n) is 6.02. The van der Waals surface area contributed by atoms with Gasteiger partial charge in [-0.2, -0.15) is 0 Å². The van der Waals surface area contributed by atoms with E-state index in [9.17, 15) is 9.90 Å². The van der Waals surface area contributed by atoms with Crippen LogP contribution in [0.25, 0.3) is 6.08 Å². The predicted octanol–water partition coefficient (Wildman–Crippen LogP) is 2.32. The Morgan fingerprint density at radius 1 is 1.39 bits per heavy atom. The average molecular weight is 244 g/mol. The fourth-order valence-electron chi connectivity index (χ4n) is 1.85. The van der Waals surface area contributed by atoms with Gasteiger partial charge in [0.25, 0.3) is 0 Å². The highest BCUT2D eigenvalue weighted by atomic mass is 16.5. The minimum atomic E-state index is -0.602. The Morgan fingerprint density at radius 2 is 2.17 bits per heavy atom. The summed E-state index contributed by atoms with van der Waals surface area (Å²) in [5.41, 5.74) is 1.04. The van der Waals surface area contributed by atoms with Crippen LogP contribution in [-0.4, -0.2) is 23.3 Å². The lowest BCUT2D eigenvalue weighted by Crippen LogP contribution is -2.24. The first-order chi connectivity index (χ1) is 8.74. The molecule has 0 aromatic heterocycles. The van der Waals surface area contributed by atoms with Crippen molar-refractivity contribution in [1.82, 2.24) is 0 Å². The summed E-state index contributed by atoms with van der Waals surface area (Å²) in [7, 11) is 0. The maximum Gasteiger partial charge on any atom is 0.330 e. The van der Waals surface area contributed by atoms with Gasteiger partial charge in [0.2, 0.25) is 0 Å². The number of benzene rings is 1. The van der Waals surface area contributed by atoms with Crippen molar-refractivity contribution < 1.29 is 14.6 Å². The molecule has 2 rings (SSSR count). The molecule has 3 heteroatoms. The van der Waals surface area contributed by atoms with Crippen molar-refractivity contribution in [3.63, 3.8) is 0 Å². The van der Waals surface area contributed by atoms with E-state index in [0.717, 1.165) is 5.56 Å². The van der Waals surface area contributed by atoms with E-state index in [4.69, 9.17) is 4.74 Å². The quantitative estimate of drug-likeness (QED) is 0.827. The first-order valence-corrected chi connectivity index (χ1v) is 6.02. The van der Waals surface area contributed by atoms with Crippen LogP contribution in [0.15, 0.2) is 48.6 Å². The molecule has 3 nitrogen and oxygen atoms in total. The molecule has 1 aliphatic rings. The lowest BCUT2D eigenvalue weighted by Gasteiger charge is -2.20. The molecule has 1 aromatic rings. The van der Waals surface area contributed by atoms with Crippen LogP contribution in [0.2, 0.25) is 0 Å². The lowest BCUT2D eigenvalue weighted by molar-refractivity contribution is -0.145. The van der Waals surface area contributed by atoms with E-state index < -0.39 is 6.10 Å². The van der Waals surface area contributed by atoms with Gasteiger partial charge in [-0.05, 0) is 5.56 Å². The molecule has 1 aliphatic heterocycles. The Bertz CT molecular complexity index is 448. The average Bonchev–Trinajstić information content (AvgIpc) is 2.38. The summed E-state index contributed by atoms with van der Waals surface area (Å²) in [5.74, 6) is -0.328. The Balaban J connectivity index is 1.85. The highest BCUT2D eigenvalue weighted by Crippen LogP contribution is 2.14. The number of aliphatic hydroxyl groups is 1. The van der Waals surface area contributed by atoms with Gasteiger partial charge in [0.1, 0.15) is 6.10 Å². The number of rotatable bonds is 4. The summed E-state index contributed by atoms with van der Waals surface area (Å²) in [4.78, 5) is 11.0. The van der Waals surface area contributed by atoms with E-state index in [-0.39, 0.29) is 12.1 Å². The van der Waals surface area contributed by atoms with E-state index in [0.29, 0.717) is 12.8 Å². The second kappa shape index (κ2) is 6.17. The number of carbonyl (C=O) groups excluding carboxylic acids is 1. The number of hydrogen-bond acceptors (Lipinski definition) is 3. The monoisotopic (exact) mass is 244 g/mol. The molecular formula is C15H16O3. The van der Waals surface area contributed by atoms with Gasteiger partial charge in [0.15, 0.2) is 0 Å². The standard InChI is InChI=1S/C15H16O3/c16-13(10-9-12-5-2-1-3-6-12)11-14-7-4-8-15(17)18-14/h1-6,8-10,13-14,16H,7,11H2/t13-,14+/m1/s1. The van der Waals surface area contributed by atoms with Gasteiger partial charge in [0, 0.05) is 18.9 Å². The number of hydrogen-bond donors (Lipinski definition) is 1. The van der Waals surface area contributed by atoms with Crippen LogP contribution in [-0.2, 0) is 9.53 Å². The van der Waals surface area contributed by atoms with Gasteiger partial charge in [-0.25, -0.2) is 4.79 Å². The zero-order chi connectivity index (χ0) is 12.8. The summed E-state index contributed by atoms with van der Waals surface area (Å²) in [6.07, 6.45) is 7.06. The van der Waals surface area contributed by atoms with Crippen LogP contribution < -0.4 is 0 Å². The van der Waals surface area contributed by atoms with Crippen molar-refractivity contribution in [3.05, 3.63) is 54.1 Å². The van der Waals surface area contributed by atoms with Crippen molar-refractivity contribution in [3.8, 4) is 0 Å². The molecular weight excluding hydrogens is 228 g/mol. The summed E-state index contributed by atoms with van der Waals surface area (Å²) < 4.78 is 5.09. The van der Waals surface area contributed by atoms with Crippen molar-refractivity contribution in [2.75, 3.05) is 0 Å². The fraction of sp³-hybridized carbons (Fsp3) is 0.267. The Hall–Kier alpha value is -1.87. The van der Waals surface area contributed by atoms with Gasteiger partial charge in [0.05, 0.1) is 6.10 Å². The molecule has 0 bridgehead atoms. The highest BCUT2D eigenvalue weighted by Gasteiger charge is 2.18. The number of carbonyl (C=O) groups is 1. The van der Waals surface area contributed by atoms with Crippen molar-refractivity contribution in [2.45, 2.75) is 25.0 Å². The summed E-state index contributed by atoms with van der Waals surface area (Å²) in [5, 5.41) is 9.85. The third-order valence-corrected chi connectivity index (χ3v) is 2.75. The van der Waals surface area contributed by atoms with Gasteiger partial charge < -0.3 is 9.84 Å². The van der Waals surface area contributed by atoms with Crippen LogP contribution in [0.3, 0.4) is 0 Å². The number of cyclic esters (lactones) is 1. The van der Waals surface area contributed by atoms with Crippen LogP contribution in [0.1, 0.15) is 18.4 Å². The molecule has 0 fully saturated rings. The first kappa shape index (κ1) is 12.6. The molecule has 1 heterocycles. The summed E-state index contributed by atoms with van der Waals surface area (Å²) in [6, 6.07) is 9.76. The van der Waals surface area contributed by atoms with Crippen molar-refractivity contribution >= 4 is 12.0 Å². The molecule has 0 spiro atoms. The molecule has 18 heavy (non-hydrogen) atoms. The van der Waals surface area contributed by atoms with Crippen LogP contribution in [0.4, 0.5) is 0 Å². The number of ether oxygens (including phenoxy) is 1. The van der Waals surface area contributed by atoms with Crippen LogP contribution >= 0.6 is 0 Å². The summed E-state index contributed by atoms with van der Waals surface area (Å²) >= 11 is 0. The molecule has 0 radical (unpaired) electrons.